The van der Waals surface area contributed by atoms with Gasteiger partial charge in [0.25, 0.3) is 0 Å². The largest absolute Gasteiger partial charge is 0.378 e. The highest BCUT2D eigenvalue weighted by Gasteiger charge is 2.06. The van der Waals surface area contributed by atoms with Crippen molar-refractivity contribution in [3.63, 3.8) is 0 Å². The second kappa shape index (κ2) is 5.25. The minimum absolute atomic E-state index is 0.0877. The van der Waals surface area contributed by atoms with Gasteiger partial charge in [0.1, 0.15) is 5.82 Å². The summed E-state index contributed by atoms with van der Waals surface area (Å²) in [5.41, 5.74) is 3.72. The van der Waals surface area contributed by atoms with Crippen LogP contribution < -0.4 is 5.32 Å². The zero-order valence-electron chi connectivity index (χ0n) is 11.0. The van der Waals surface area contributed by atoms with Crippen molar-refractivity contribution < 1.29 is 4.39 Å². The lowest BCUT2D eigenvalue weighted by Gasteiger charge is -2.16. The van der Waals surface area contributed by atoms with Crippen molar-refractivity contribution in [2.24, 2.45) is 0 Å². The molecule has 1 heterocycles. The molecule has 1 unspecified atom stereocenters. The number of anilines is 1. The van der Waals surface area contributed by atoms with E-state index in [-0.39, 0.29) is 11.9 Å². The summed E-state index contributed by atoms with van der Waals surface area (Å²) in [7, 11) is 0. The number of hydrogen-bond acceptors (Lipinski definition) is 3. The first-order chi connectivity index (χ1) is 9.72. The average Bonchev–Trinajstić information content (AvgIpc) is 2.48. The smallest absolute Gasteiger partial charge is 0.123 e. The van der Waals surface area contributed by atoms with Gasteiger partial charge >= 0.3 is 0 Å². The lowest BCUT2D eigenvalue weighted by molar-refractivity contribution is 0.626. The summed E-state index contributed by atoms with van der Waals surface area (Å²) in [4.78, 5) is 8.52. The molecular formula is C16H14FN3. The molecule has 1 N–H and O–H groups in total. The summed E-state index contributed by atoms with van der Waals surface area (Å²) in [6.07, 6.45) is 3.35. The van der Waals surface area contributed by atoms with Crippen LogP contribution in [0.5, 0.6) is 0 Å². The molecule has 4 heteroatoms. The SMILES string of the molecule is CC(Nc1ccc2nccnc2c1)c1ccc(F)cc1. The van der Waals surface area contributed by atoms with E-state index in [9.17, 15) is 4.39 Å². The van der Waals surface area contributed by atoms with Crippen molar-refractivity contribution in [1.29, 1.82) is 0 Å². The number of nitrogens with one attached hydrogen (secondary N) is 1. The van der Waals surface area contributed by atoms with E-state index in [0.717, 1.165) is 22.3 Å². The molecule has 0 amide bonds. The Morgan fingerprint density at radius 2 is 1.65 bits per heavy atom. The van der Waals surface area contributed by atoms with Crippen molar-refractivity contribution in [2.45, 2.75) is 13.0 Å². The van der Waals surface area contributed by atoms with Crippen LogP contribution in [0.3, 0.4) is 0 Å². The van der Waals surface area contributed by atoms with Crippen molar-refractivity contribution >= 4 is 16.7 Å². The predicted molar refractivity (Wildman–Crippen MR) is 78.0 cm³/mol. The minimum atomic E-state index is -0.220. The Morgan fingerprint density at radius 1 is 0.950 bits per heavy atom. The highest BCUT2D eigenvalue weighted by atomic mass is 19.1. The molecule has 0 fully saturated rings. The first kappa shape index (κ1) is 12.5. The van der Waals surface area contributed by atoms with E-state index in [1.807, 2.05) is 25.1 Å². The van der Waals surface area contributed by atoms with E-state index in [2.05, 4.69) is 15.3 Å². The molecule has 100 valence electrons. The number of hydrogen-bond donors (Lipinski definition) is 1. The number of aromatic nitrogens is 2. The molecule has 0 aliphatic carbocycles. The van der Waals surface area contributed by atoms with Gasteiger partial charge in [0, 0.05) is 24.1 Å². The number of halogens is 1. The maximum absolute atomic E-state index is 12.9. The first-order valence-corrected chi connectivity index (χ1v) is 6.45. The zero-order chi connectivity index (χ0) is 13.9. The average molecular weight is 267 g/mol. The van der Waals surface area contributed by atoms with Crippen LogP contribution in [0.25, 0.3) is 11.0 Å². The monoisotopic (exact) mass is 267 g/mol. The van der Waals surface area contributed by atoms with Gasteiger partial charge in [-0.2, -0.15) is 0 Å². The van der Waals surface area contributed by atoms with Crippen LogP contribution >= 0.6 is 0 Å². The van der Waals surface area contributed by atoms with Gasteiger partial charge in [-0.1, -0.05) is 12.1 Å². The fourth-order valence-corrected chi connectivity index (χ4v) is 2.14. The molecule has 3 nitrogen and oxygen atoms in total. The van der Waals surface area contributed by atoms with Gasteiger partial charge < -0.3 is 5.32 Å². The summed E-state index contributed by atoms with van der Waals surface area (Å²) >= 11 is 0. The summed E-state index contributed by atoms with van der Waals surface area (Å²) in [5, 5.41) is 3.38. The molecule has 1 aromatic heterocycles. The van der Waals surface area contributed by atoms with E-state index < -0.39 is 0 Å². The van der Waals surface area contributed by atoms with Crippen LogP contribution in [-0.2, 0) is 0 Å². The molecule has 0 spiro atoms. The van der Waals surface area contributed by atoms with Crippen LogP contribution in [-0.4, -0.2) is 9.97 Å². The van der Waals surface area contributed by atoms with Gasteiger partial charge in [0.05, 0.1) is 11.0 Å². The van der Waals surface area contributed by atoms with Gasteiger partial charge in [0.15, 0.2) is 0 Å². The fourth-order valence-electron chi connectivity index (χ4n) is 2.14. The van der Waals surface area contributed by atoms with Gasteiger partial charge in [-0.25, -0.2) is 4.39 Å². The van der Waals surface area contributed by atoms with E-state index in [4.69, 9.17) is 0 Å². The van der Waals surface area contributed by atoms with E-state index in [1.165, 1.54) is 12.1 Å². The van der Waals surface area contributed by atoms with Crippen LogP contribution in [0.15, 0.2) is 54.9 Å². The lowest BCUT2D eigenvalue weighted by Crippen LogP contribution is -2.06. The molecule has 2 aromatic carbocycles. The van der Waals surface area contributed by atoms with Crippen LogP contribution in [0.1, 0.15) is 18.5 Å². The Labute approximate surface area is 116 Å². The van der Waals surface area contributed by atoms with Crippen LogP contribution in [0, 0.1) is 5.82 Å². The first-order valence-electron chi connectivity index (χ1n) is 6.45. The zero-order valence-corrected chi connectivity index (χ0v) is 11.0. The summed E-state index contributed by atoms with van der Waals surface area (Å²) < 4.78 is 12.9. The standard InChI is InChI=1S/C16H14FN3/c1-11(12-2-4-13(17)5-3-12)20-14-6-7-15-16(10-14)19-9-8-18-15/h2-11,20H,1H3. The third kappa shape index (κ3) is 2.59. The Bertz CT molecular complexity index is 725. The van der Waals surface area contributed by atoms with E-state index in [0.29, 0.717) is 0 Å². The summed E-state index contributed by atoms with van der Waals surface area (Å²) in [6, 6.07) is 12.5. The molecule has 0 aliphatic heterocycles. The highest BCUT2D eigenvalue weighted by Crippen LogP contribution is 2.21. The molecule has 0 radical (unpaired) electrons. The molecule has 0 aliphatic rings. The topological polar surface area (TPSA) is 37.8 Å². The fraction of sp³-hybridized carbons (Fsp3) is 0.125. The predicted octanol–water partition coefficient (Wildman–Crippen LogP) is 3.94. The van der Waals surface area contributed by atoms with Gasteiger partial charge in [-0.05, 0) is 42.8 Å². The molecular weight excluding hydrogens is 253 g/mol. The highest BCUT2D eigenvalue weighted by molar-refractivity contribution is 5.78. The third-order valence-corrected chi connectivity index (χ3v) is 3.22. The molecule has 0 saturated heterocycles. The van der Waals surface area contributed by atoms with Gasteiger partial charge in [-0.3, -0.25) is 9.97 Å². The number of rotatable bonds is 3. The van der Waals surface area contributed by atoms with Crippen LogP contribution in [0.4, 0.5) is 10.1 Å². The molecule has 3 aromatic rings. The van der Waals surface area contributed by atoms with Gasteiger partial charge in [-0.15, -0.1) is 0 Å². The normalized spacial score (nSPS) is 12.3. The van der Waals surface area contributed by atoms with E-state index >= 15 is 0 Å². The third-order valence-electron chi connectivity index (χ3n) is 3.22. The molecule has 0 saturated carbocycles. The molecule has 20 heavy (non-hydrogen) atoms. The quantitative estimate of drug-likeness (QED) is 0.781. The molecule has 1 atom stereocenters. The Kier molecular flexibility index (Phi) is 3.29. The van der Waals surface area contributed by atoms with E-state index in [1.54, 1.807) is 24.5 Å². The maximum Gasteiger partial charge on any atom is 0.123 e. The number of benzene rings is 2. The van der Waals surface area contributed by atoms with Crippen molar-refractivity contribution in [2.75, 3.05) is 5.32 Å². The van der Waals surface area contributed by atoms with Crippen molar-refractivity contribution in [1.82, 2.24) is 9.97 Å². The summed E-state index contributed by atoms with van der Waals surface area (Å²) in [5.74, 6) is -0.220. The Hall–Kier alpha value is -2.49. The number of nitrogens with zero attached hydrogens (tertiary/aromatic N) is 2. The minimum Gasteiger partial charge on any atom is -0.378 e. The molecule has 0 bridgehead atoms. The lowest BCUT2D eigenvalue weighted by atomic mass is 10.1. The Morgan fingerprint density at radius 3 is 2.40 bits per heavy atom. The Balaban J connectivity index is 1.83. The van der Waals surface area contributed by atoms with Crippen molar-refractivity contribution in [3.05, 3.63) is 66.2 Å². The van der Waals surface area contributed by atoms with Crippen molar-refractivity contribution in [3.8, 4) is 0 Å². The second-order valence-corrected chi connectivity index (χ2v) is 4.68. The maximum atomic E-state index is 12.9. The molecule has 3 rings (SSSR count). The van der Waals surface area contributed by atoms with Crippen LogP contribution in [0.2, 0.25) is 0 Å². The summed E-state index contributed by atoms with van der Waals surface area (Å²) in [6.45, 7) is 2.04. The van der Waals surface area contributed by atoms with Gasteiger partial charge in [0.2, 0.25) is 0 Å². The second-order valence-electron chi connectivity index (χ2n) is 4.68. The number of fused-ring (bicyclic) bond motifs is 1.